The summed E-state index contributed by atoms with van der Waals surface area (Å²) in [6, 6.07) is 23.3. The molecule has 3 aromatic rings. The van der Waals surface area contributed by atoms with Crippen LogP contribution in [0.15, 0.2) is 72.8 Å². The second-order valence-corrected chi connectivity index (χ2v) is 6.11. The molecule has 0 heterocycles. The van der Waals surface area contributed by atoms with E-state index in [1.54, 1.807) is 6.07 Å². The van der Waals surface area contributed by atoms with E-state index in [0.29, 0.717) is 5.75 Å². The first-order chi connectivity index (χ1) is 9.29. The van der Waals surface area contributed by atoms with Gasteiger partial charge in [-0.05, 0) is 11.5 Å². The topological polar surface area (TPSA) is 20.2 Å². The van der Waals surface area contributed by atoms with Crippen LogP contribution in [0.3, 0.4) is 0 Å². The molecule has 0 aliphatic rings. The molecule has 0 saturated carbocycles. The van der Waals surface area contributed by atoms with Crippen LogP contribution in [0.4, 0.5) is 0 Å². The van der Waals surface area contributed by atoms with Gasteiger partial charge in [-0.2, -0.15) is 18.2 Å². The zero-order valence-electron chi connectivity index (χ0n) is 10.1. The monoisotopic (exact) mass is 327 g/mol. The predicted octanol–water partition coefficient (Wildman–Crippen LogP) is 5.33. The summed E-state index contributed by atoms with van der Waals surface area (Å²) in [5.74, 6) is 0.350. The third kappa shape index (κ3) is 6.22. The summed E-state index contributed by atoms with van der Waals surface area (Å²) in [6.45, 7) is 0. The number of phenols is 1. The van der Waals surface area contributed by atoms with E-state index < -0.39 is 17.0 Å². The van der Waals surface area contributed by atoms with Crippen molar-refractivity contribution >= 4 is 29.4 Å². The minimum absolute atomic E-state index is 0.350. The first-order valence-electron chi connectivity index (χ1n) is 5.59. The molecule has 0 aliphatic carbocycles. The first kappa shape index (κ1) is 16.2. The molecule has 4 heteroatoms. The van der Waals surface area contributed by atoms with Gasteiger partial charge in [0.1, 0.15) is 5.75 Å². The molecule has 0 saturated heterocycles. The standard InChI is InChI=1S/C10H8O.C5H5.2ClH.Ti/c11-10-7-3-5-8-4-1-2-6-9(8)10;1-2-4-5-3-1;;;/h1-7,11H;1-5H;2*1H;/q;-1;;;+2/p-2. The quantitative estimate of drug-likeness (QED) is 0.437. The fraction of sp³-hybridized carbons (Fsp3) is 0. The number of hydrogen-bond acceptors (Lipinski definition) is 1. The maximum atomic E-state index is 9.37. The van der Waals surface area contributed by atoms with Crippen LogP contribution in [0.2, 0.25) is 0 Å². The fourth-order valence-electron chi connectivity index (χ4n) is 1.53. The van der Waals surface area contributed by atoms with Gasteiger partial charge in [-0.15, -0.1) is 0 Å². The molecule has 0 unspecified atom stereocenters. The molecule has 1 nitrogen and oxygen atoms in total. The predicted molar refractivity (Wildman–Crippen MR) is 79.4 cm³/mol. The fourth-order valence-corrected chi connectivity index (χ4v) is 1.53. The number of hydrogen-bond donors (Lipinski definition) is 1. The summed E-state index contributed by atoms with van der Waals surface area (Å²) in [4.78, 5) is 0. The second kappa shape index (κ2) is 9.99. The Morgan fingerprint density at radius 1 is 0.842 bits per heavy atom. The van der Waals surface area contributed by atoms with Crippen molar-refractivity contribution in [1.82, 2.24) is 0 Å². The Morgan fingerprint density at radius 3 is 1.95 bits per heavy atom. The van der Waals surface area contributed by atoms with Crippen molar-refractivity contribution in [2.24, 2.45) is 0 Å². The van der Waals surface area contributed by atoms with Crippen LogP contribution in [0.1, 0.15) is 0 Å². The van der Waals surface area contributed by atoms with Crippen LogP contribution in [0.5, 0.6) is 5.75 Å². The van der Waals surface area contributed by atoms with Crippen LogP contribution in [0.25, 0.3) is 10.8 Å². The van der Waals surface area contributed by atoms with E-state index in [4.69, 9.17) is 18.6 Å². The van der Waals surface area contributed by atoms with Gasteiger partial charge in [0.25, 0.3) is 0 Å². The SMILES string of the molecule is Oc1cccc2ccccc12.[Cl][Ti][Cl].c1cc[cH-]c1. The van der Waals surface area contributed by atoms with Gasteiger partial charge in [0.2, 0.25) is 0 Å². The van der Waals surface area contributed by atoms with Gasteiger partial charge in [0, 0.05) is 5.39 Å². The average molecular weight is 328 g/mol. The molecular weight excluding hydrogens is 315 g/mol. The summed E-state index contributed by atoms with van der Waals surface area (Å²) < 4.78 is 0. The van der Waals surface area contributed by atoms with E-state index in [-0.39, 0.29) is 0 Å². The van der Waals surface area contributed by atoms with E-state index in [1.165, 1.54) is 0 Å². The van der Waals surface area contributed by atoms with Crippen LogP contribution >= 0.6 is 18.6 Å². The van der Waals surface area contributed by atoms with Crippen molar-refractivity contribution in [2.75, 3.05) is 0 Å². The Bertz CT molecular complexity index is 545. The summed E-state index contributed by atoms with van der Waals surface area (Å²) in [5, 5.41) is 11.4. The number of fused-ring (bicyclic) bond motifs is 1. The van der Waals surface area contributed by atoms with Gasteiger partial charge in [-0.25, -0.2) is 12.1 Å². The molecule has 0 fully saturated rings. The number of benzene rings is 2. The summed E-state index contributed by atoms with van der Waals surface area (Å²) >= 11 is -0.556. The average Bonchev–Trinajstić information content (AvgIpc) is 2.99. The Balaban J connectivity index is 0.000000188. The molecule has 0 bridgehead atoms. The van der Waals surface area contributed by atoms with Crippen LogP contribution < -0.4 is 0 Å². The van der Waals surface area contributed by atoms with Gasteiger partial charge in [-0.3, -0.25) is 0 Å². The molecule has 19 heavy (non-hydrogen) atoms. The molecule has 1 N–H and O–H groups in total. The zero-order chi connectivity index (χ0) is 13.9. The third-order valence-corrected chi connectivity index (χ3v) is 2.32. The van der Waals surface area contributed by atoms with Gasteiger partial charge in [0.15, 0.2) is 0 Å². The maximum absolute atomic E-state index is 9.37. The summed E-state index contributed by atoms with van der Waals surface area (Å²) in [7, 11) is 9.78. The Morgan fingerprint density at radius 2 is 1.42 bits per heavy atom. The first-order valence-corrected chi connectivity index (χ1v) is 9.89. The number of rotatable bonds is 0. The van der Waals surface area contributed by atoms with Crippen LogP contribution in [-0.4, -0.2) is 5.11 Å². The Hall–Kier alpha value is -0.856. The molecule has 0 amide bonds. The smallest absolute Gasteiger partial charge is 0.172 e. The van der Waals surface area contributed by atoms with Gasteiger partial charge in [-0.1, -0.05) is 36.4 Å². The van der Waals surface area contributed by atoms with Crippen LogP contribution in [-0.2, 0) is 17.0 Å². The van der Waals surface area contributed by atoms with Crippen molar-refractivity contribution in [1.29, 1.82) is 0 Å². The molecule has 0 aromatic heterocycles. The van der Waals surface area contributed by atoms with E-state index >= 15 is 0 Å². The molecule has 3 rings (SSSR count). The number of phenolic OH excluding ortho intramolecular Hbond substituents is 1. The zero-order valence-corrected chi connectivity index (χ0v) is 13.2. The van der Waals surface area contributed by atoms with Gasteiger partial charge < -0.3 is 5.11 Å². The van der Waals surface area contributed by atoms with Crippen molar-refractivity contribution in [3.05, 3.63) is 72.8 Å². The minimum Gasteiger partial charge on any atom is -0.214 e. The van der Waals surface area contributed by atoms with E-state index in [0.717, 1.165) is 10.8 Å². The molecule has 3 aromatic carbocycles. The Kier molecular flexibility index (Phi) is 8.52. The molecule has 0 spiro atoms. The molecule has 0 atom stereocenters. The summed E-state index contributed by atoms with van der Waals surface area (Å²) in [6.07, 6.45) is 0. The second-order valence-electron chi connectivity index (χ2n) is 3.53. The van der Waals surface area contributed by atoms with Crippen molar-refractivity contribution < 1.29 is 22.1 Å². The Labute approximate surface area is 129 Å². The molecule has 98 valence electrons. The normalized spacial score (nSPS) is 8.74. The van der Waals surface area contributed by atoms with E-state index in [9.17, 15) is 5.11 Å². The minimum atomic E-state index is -0.556. The van der Waals surface area contributed by atoms with Gasteiger partial charge in [0.05, 0.1) is 0 Å². The molecule has 0 aliphatic heterocycles. The third-order valence-electron chi connectivity index (χ3n) is 2.32. The number of aromatic hydroxyl groups is 1. The van der Waals surface area contributed by atoms with Crippen LogP contribution in [0, 0.1) is 0 Å². The van der Waals surface area contributed by atoms with Crippen molar-refractivity contribution in [3.63, 3.8) is 0 Å². The van der Waals surface area contributed by atoms with Crippen molar-refractivity contribution in [2.45, 2.75) is 0 Å². The van der Waals surface area contributed by atoms with Gasteiger partial charge >= 0.3 is 35.6 Å². The van der Waals surface area contributed by atoms with E-state index in [1.807, 2.05) is 66.7 Å². The molecular formula is C15H13Cl2OTi-. The summed E-state index contributed by atoms with van der Waals surface area (Å²) in [5.41, 5.74) is 0. The molecule has 0 radical (unpaired) electrons. The number of halogens is 2. The van der Waals surface area contributed by atoms with Crippen molar-refractivity contribution in [3.8, 4) is 5.75 Å². The van der Waals surface area contributed by atoms with E-state index in [2.05, 4.69) is 0 Å². The maximum Gasteiger partial charge on any atom is -0.172 e. The largest absolute Gasteiger partial charge is 0.214 e.